The Morgan fingerprint density at radius 1 is 0.909 bits per heavy atom. The fourth-order valence-electron chi connectivity index (χ4n) is 4.96. The molecule has 0 saturated heterocycles. The van der Waals surface area contributed by atoms with Gasteiger partial charge in [0.05, 0.1) is 5.56 Å². The number of carboxylic acid groups (broad SMARTS) is 1. The highest BCUT2D eigenvalue weighted by Gasteiger charge is 2.42. The first-order valence-electron chi connectivity index (χ1n) is 14.1. The van der Waals surface area contributed by atoms with Gasteiger partial charge >= 0.3 is 18.1 Å². The van der Waals surface area contributed by atoms with Gasteiger partial charge in [0.1, 0.15) is 30.3 Å². The number of ether oxygens (including phenoxy) is 3. The molecule has 1 heterocycles. The van der Waals surface area contributed by atoms with Crippen molar-refractivity contribution >= 4 is 11.9 Å². The molecule has 0 bridgehead atoms. The Hall–Kier alpha value is -4.83. The summed E-state index contributed by atoms with van der Waals surface area (Å²) in [6.07, 6.45) is -5.21. The second-order valence-electron chi connectivity index (χ2n) is 10.3. The van der Waals surface area contributed by atoms with Gasteiger partial charge in [-0.15, -0.1) is 0 Å². The van der Waals surface area contributed by atoms with E-state index in [0.29, 0.717) is 30.9 Å². The van der Waals surface area contributed by atoms with Crippen LogP contribution in [-0.2, 0) is 16.0 Å². The van der Waals surface area contributed by atoms with Crippen LogP contribution >= 0.6 is 0 Å². The van der Waals surface area contributed by atoms with Crippen molar-refractivity contribution in [3.8, 4) is 33.8 Å². The molecule has 1 aliphatic heterocycles. The molecule has 1 unspecified atom stereocenters. The number of benzene rings is 4. The normalized spacial score (nSPS) is 15.0. The summed E-state index contributed by atoms with van der Waals surface area (Å²) in [5.41, 5.74) is 4.67. The van der Waals surface area contributed by atoms with Crippen LogP contribution in [0.15, 0.2) is 97.1 Å². The summed E-state index contributed by atoms with van der Waals surface area (Å²) in [5, 5.41) is 12.2. The van der Waals surface area contributed by atoms with Gasteiger partial charge in [-0.3, -0.25) is 0 Å². The summed E-state index contributed by atoms with van der Waals surface area (Å²) in [4.78, 5) is 22.8. The Labute approximate surface area is 252 Å². The number of carboxylic acids is 1. The lowest BCUT2D eigenvalue weighted by atomic mass is 9.96. The lowest BCUT2D eigenvalue weighted by Gasteiger charge is -2.28. The highest BCUT2D eigenvalue weighted by molar-refractivity contribution is 5.88. The fourth-order valence-corrected chi connectivity index (χ4v) is 4.96. The quantitative estimate of drug-likeness (QED) is 0.187. The smallest absolute Gasteiger partial charge is 0.489 e. The molecule has 2 N–H and O–H groups in total. The van der Waals surface area contributed by atoms with E-state index in [2.05, 4.69) is 5.32 Å². The zero-order valence-electron chi connectivity index (χ0n) is 23.6. The van der Waals surface area contributed by atoms with E-state index in [0.717, 1.165) is 27.8 Å². The van der Waals surface area contributed by atoms with Gasteiger partial charge in [-0.05, 0) is 65.4 Å². The molecule has 4 aromatic carbocycles. The number of fused-ring (bicyclic) bond motifs is 1. The number of nitrogens with one attached hydrogen (secondary N) is 1. The van der Waals surface area contributed by atoms with E-state index in [1.54, 1.807) is 36.4 Å². The summed E-state index contributed by atoms with van der Waals surface area (Å²) < 4.78 is 55.8. The standard InChI is InChI=1S/C34H30F3NO6/c35-34(36,37)33(41)44-28(21-42-31-9-5-4-8-29(31)23-6-2-1-3-7-23)20-38-19-27-16-14-26-18-25(15-17-30(26)43-27)22-10-12-24(13-11-22)32(39)40/h1-13,15,17-18,27-28,38H,14,16,19-21H2,(H,39,40)/t27-,28?/m1/s1. The molecule has 44 heavy (non-hydrogen) atoms. The molecule has 5 rings (SSSR count). The van der Waals surface area contributed by atoms with Crippen molar-refractivity contribution in [1.82, 2.24) is 5.32 Å². The molecule has 1 aliphatic rings. The highest BCUT2D eigenvalue weighted by atomic mass is 19.4. The minimum atomic E-state index is -5.13. The van der Waals surface area contributed by atoms with Crippen LogP contribution in [0.3, 0.4) is 0 Å². The molecule has 4 aromatic rings. The van der Waals surface area contributed by atoms with Gasteiger partial charge in [-0.2, -0.15) is 13.2 Å². The van der Waals surface area contributed by atoms with Crippen molar-refractivity contribution in [3.05, 3.63) is 108 Å². The van der Waals surface area contributed by atoms with Gasteiger partial charge in [0.25, 0.3) is 0 Å². The average molecular weight is 606 g/mol. The maximum Gasteiger partial charge on any atom is 0.490 e. The first-order valence-corrected chi connectivity index (χ1v) is 14.1. The van der Waals surface area contributed by atoms with Crippen LogP contribution in [-0.4, -0.2) is 55.1 Å². The molecule has 7 nitrogen and oxygen atoms in total. The molecule has 0 amide bonds. The third kappa shape index (κ3) is 7.76. The lowest BCUT2D eigenvalue weighted by molar-refractivity contribution is -0.205. The van der Waals surface area contributed by atoms with Crippen LogP contribution in [0.1, 0.15) is 22.3 Å². The zero-order chi connectivity index (χ0) is 31.1. The summed E-state index contributed by atoms with van der Waals surface area (Å²) in [7, 11) is 0. The van der Waals surface area contributed by atoms with E-state index in [-0.39, 0.29) is 24.8 Å². The first-order chi connectivity index (χ1) is 21.2. The number of hydrogen-bond donors (Lipinski definition) is 2. The van der Waals surface area contributed by atoms with Gasteiger partial charge in [-0.1, -0.05) is 66.7 Å². The molecule has 0 aliphatic carbocycles. The number of esters is 1. The molecule has 0 fully saturated rings. The monoisotopic (exact) mass is 605 g/mol. The van der Waals surface area contributed by atoms with Crippen LogP contribution in [0.5, 0.6) is 11.5 Å². The van der Waals surface area contributed by atoms with E-state index in [1.807, 2.05) is 60.7 Å². The Morgan fingerprint density at radius 3 is 2.34 bits per heavy atom. The number of halogens is 3. The van der Waals surface area contributed by atoms with Gasteiger partial charge in [0, 0.05) is 18.7 Å². The summed E-state index contributed by atoms with van der Waals surface area (Å²) >= 11 is 0. The Bertz CT molecular complexity index is 1590. The molecule has 0 radical (unpaired) electrons. The lowest BCUT2D eigenvalue weighted by Crippen LogP contribution is -2.42. The molecule has 0 saturated carbocycles. The Kier molecular flexibility index (Phi) is 9.50. The van der Waals surface area contributed by atoms with Crippen LogP contribution in [0.25, 0.3) is 22.3 Å². The predicted molar refractivity (Wildman–Crippen MR) is 158 cm³/mol. The highest BCUT2D eigenvalue weighted by Crippen LogP contribution is 2.33. The SMILES string of the molecule is O=C(O)c1ccc(-c2ccc3c(c2)CC[C@H](CNCC(COc2ccccc2-c2ccccc2)OC(=O)C(F)(F)F)O3)cc1. The number of hydrogen-bond acceptors (Lipinski definition) is 6. The molecular formula is C34H30F3NO6. The molecular weight excluding hydrogens is 575 g/mol. The van der Waals surface area contributed by atoms with Gasteiger partial charge in [0.15, 0.2) is 0 Å². The first kappa shape index (κ1) is 30.6. The summed E-state index contributed by atoms with van der Waals surface area (Å²) in [6.45, 7) is -0.0466. The number of rotatable bonds is 11. The minimum absolute atomic E-state index is 0.0761. The van der Waals surface area contributed by atoms with Gasteiger partial charge in [-0.25, -0.2) is 9.59 Å². The summed E-state index contributed by atoms with van der Waals surface area (Å²) in [5.74, 6) is -2.10. The third-order valence-corrected chi connectivity index (χ3v) is 7.20. The van der Waals surface area contributed by atoms with Crippen molar-refractivity contribution < 1.29 is 42.1 Å². The number of aryl methyl sites for hydroxylation is 1. The number of aromatic carboxylic acids is 1. The molecule has 0 spiro atoms. The van der Waals surface area contributed by atoms with Gasteiger partial charge in [0.2, 0.25) is 0 Å². The number of alkyl halides is 3. The van der Waals surface area contributed by atoms with Crippen LogP contribution in [0.2, 0.25) is 0 Å². The van der Waals surface area contributed by atoms with Crippen molar-refractivity contribution in [1.29, 1.82) is 0 Å². The second kappa shape index (κ2) is 13.6. The molecule has 2 atom stereocenters. The van der Waals surface area contributed by atoms with Crippen molar-refractivity contribution in [2.45, 2.75) is 31.2 Å². The van der Waals surface area contributed by atoms with E-state index < -0.39 is 24.2 Å². The average Bonchev–Trinajstić information content (AvgIpc) is 3.03. The van der Waals surface area contributed by atoms with Crippen molar-refractivity contribution in [2.24, 2.45) is 0 Å². The maximum absolute atomic E-state index is 13.0. The van der Waals surface area contributed by atoms with Gasteiger partial charge < -0.3 is 24.6 Å². The van der Waals surface area contributed by atoms with Crippen LogP contribution in [0.4, 0.5) is 13.2 Å². The zero-order valence-corrected chi connectivity index (χ0v) is 23.6. The fraction of sp³-hybridized carbons (Fsp3) is 0.235. The summed E-state index contributed by atoms with van der Waals surface area (Å²) in [6, 6.07) is 28.9. The Balaban J connectivity index is 1.19. The van der Waals surface area contributed by atoms with E-state index in [9.17, 15) is 22.8 Å². The maximum atomic E-state index is 13.0. The van der Waals surface area contributed by atoms with E-state index >= 15 is 0 Å². The number of para-hydroxylation sites is 1. The third-order valence-electron chi connectivity index (χ3n) is 7.20. The molecule has 228 valence electrons. The van der Waals surface area contributed by atoms with E-state index in [1.165, 1.54) is 0 Å². The topological polar surface area (TPSA) is 94.1 Å². The Morgan fingerprint density at radius 2 is 1.61 bits per heavy atom. The minimum Gasteiger partial charge on any atom is -0.489 e. The largest absolute Gasteiger partial charge is 0.490 e. The number of carbonyl (C=O) groups excluding carboxylic acids is 1. The van der Waals surface area contributed by atoms with E-state index in [4.69, 9.17) is 19.3 Å². The van der Waals surface area contributed by atoms with Crippen LogP contribution < -0.4 is 14.8 Å². The predicted octanol–water partition coefficient (Wildman–Crippen LogP) is 6.56. The molecule has 10 heteroatoms. The number of carbonyl (C=O) groups is 2. The van der Waals surface area contributed by atoms with Crippen LogP contribution in [0, 0.1) is 0 Å². The molecule has 0 aromatic heterocycles. The van der Waals surface area contributed by atoms with Crippen molar-refractivity contribution in [2.75, 3.05) is 19.7 Å². The second-order valence-corrected chi connectivity index (χ2v) is 10.3. The van der Waals surface area contributed by atoms with Crippen molar-refractivity contribution in [3.63, 3.8) is 0 Å².